The van der Waals surface area contributed by atoms with Crippen molar-refractivity contribution in [1.82, 2.24) is 9.80 Å². The number of carbonyl (C=O) groups is 4. The lowest BCUT2D eigenvalue weighted by Gasteiger charge is -2.36. The predicted molar refractivity (Wildman–Crippen MR) is 278 cm³/mol. The Morgan fingerprint density at radius 3 is 1.30 bits per heavy atom. The first-order valence-corrected chi connectivity index (χ1v) is 27.2. The van der Waals surface area contributed by atoms with Crippen LogP contribution in [-0.2, 0) is 0 Å². The number of hydrogen-bond donors (Lipinski definition) is 0. The van der Waals surface area contributed by atoms with Gasteiger partial charge >= 0.3 is 0 Å². The van der Waals surface area contributed by atoms with Crippen molar-refractivity contribution < 1.29 is 19.2 Å². The molecule has 0 spiro atoms. The summed E-state index contributed by atoms with van der Waals surface area (Å²) in [5, 5.41) is 9.07. The summed E-state index contributed by atoms with van der Waals surface area (Å²) >= 11 is 3.42. The zero-order valence-corrected chi connectivity index (χ0v) is 41.2. The van der Waals surface area contributed by atoms with E-state index in [2.05, 4.69) is 81.6 Å². The van der Waals surface area contributed by atoms with Crippen molar-refractivity contribution in [3.05, 3.63) is 94.4 Å². The molecule has 4 heterocycles. The molecule has 0 saturated carbocycles. The van der Waals surface area contributed by atoms with Gasteiger partial charge < -0.3 is 0 Å². The van der Waals surface area contributed by atoms with Crippen LogP contribution in [0.5, 0.6) is 0 Å². The fourth-order valence-corrected chi connectivity index (χ4v) is 13.2. The van der Waals surface area contributed by atoms with E-state index in [1.807, 2.05) is 18.2 Å². The number of fused-ring (bicyclic) bond motifs is 2. The highest BCUT2D eigenvalue weighted by Gasteiger charge is 2.41. The summed E-state index contributed by atoms with van der Waals surface area (Å²) < 4.78 is 0. The maximum atomic E-state index is 15.3. The molecule has 344 valence electrons. The topological polar surface area (TPSA) is 74.8 Å². The molecular formula is C58H66N2O4S2. The molecule has 0 bridgehead atoms. The van der Waals surface area contributed by atoms with E-state index in [1.54, 1.807) is 32.5 Å². The summed E-state index contributed by atoms with van der Waals surface area (Å²) in [6.45, 7) is 8.84. The molecule has 66 heavy (non-hydrogen) atoms. The number of imide groups is 2. The molecule has 0 fully saturated rings. The highest BCUT2D eigenvalue weighted by Crippen LogP contribution is 2.51. The van der Waals surface area contributed by atoms with Gasteiger partial charge in [-0.15, -0.1) is 22.7 Å². The molecule has 6 nitrogen and oxygen atoms in total. The van der Waals surface area contributed by atoms with Crippen molar-refractivity contribution in [1.29, 1.82) is 0 Å². The van der Waals surface area contributed by atoms with Crippen LogP contribution in [0.1, 0.15) is 198 Å². The van der Waals surface area contributed by atoms with E-state index in [-0.39, 0.29) is 35.7 Å². The van der Waals surface area contributed by atoms with Crippen molar-refractivity contribution in [2.75, 3.05) is 0 Å². The van der Waals surface area contributed by atoms with Crippen molar-refractivity contribution in [3.8, 4) is 20.2 Å². The summed E-state index contributed by atoms with van der Waals surface area (Å²) in [7, 11) is 0. The number of amides is 4. The summed E-state index contributed by atoms with van der Waals surface area (Å²) in [6.07, 6.45) is 20.7. The molecule has 0 saturated heterocycles. The van der Waals surface area contributed by atoms with Gasteiger partial charge in [0, 0.05) is 65.3 Å². The average molecular weight is 919 g/mol. The Morgan fingerprint density at radius 1 is 0.394 bits per heavy atom. The second-order valence-electron chi connectivity index (χ2n) is 19.1. The third-order valence-corrected chi connectivity index (χ3v) is 16.9. The largest absolute Gasteiger partial charge is 0.271 e. The molecule has 9 rings (SSSR count). The van der Waals surface area contributed by atoms with Crippen molar-refractivity contribution >= 4 is 89.4 Å². The van der Waals surface area contributed by atoms with Gasteiger partial charge in [-0.2, -0.15) is 0 Å². The van der Waals surface area contributed by atoms with Crippen LogP contribution >= 0.6 is 22.7 Å². The Hall–Kier alpha value is -4.92. The molecule has 0 N–H and O–H groups in total. The highest BCUT2D eigenvalue weighted by molar-refractivity contribution is 7.23. The van der Waals surface area contributed by atoms with E-state index in [4.69, 9.17) is 0 Å². The van der Waals surface area contributed by atoms with Crippen LogP contribution in [0.2, 0.25) is 0 Å². The normalized spacial score (nSPS) is 14.1. The van der Waals surface area contributed by atoms with Gasteiger partial charge in [-0.3, -0.25) is 29.0 Å². The summed E-state index contributed by atoms with van der Waals surface area (Å²) in [6, 6.07) is 22.4. The minimum atomic E-state index is -0.199. The van der Waals surface area contributed by atoms with Crippen molar-refractivity contribution in [3.63, 3.8) is 0 Å². The molecule has 0 atom stereocenters. The Labute approximate surface area is 399 Å². The minimum absolute atomic E-state index is 0.143. The maximum absolute atomic E-state index is 15.3. The Kier molecular flexibility index (Phi) is 14.4. The van der Waals surface area contributed by atoms with Gasteiger partial charge in [0.2, 0.25) is 0 Å². The van der Waals surface area contributed by atoms with E-state index in [1.165, 1.54) is 4.88 Å². The van der Waals surface area contributed by atoms with Crippen LogP contribution in [0.4, 0.5) is 0 Å². The zero-order valence-electron chi connectivity index (χ0n) is 39.6. The average Bonchev–Trinajstić information content (AvgIpc) is 4.06. The second kappa shape index (κ2) is 20.5. The number of thiophene rings is 2. The minimum Gasteiger partial charge on any atom is -0.271 e. The first-order valence-electron chi connectivity index (χ1n) is 25.5. The number of hydrogen-bond acceptors (Lipinski definition) is 6. The molecule has 2 aromatic heterocycles. The van der Waals surface area contributed by atoms with Crippen molar-refractivity contribution in [2.24, 2.45) is 0 Å². The maximum Gasteiger partial charge on any atom is 0.261 e. The van der Waals surface area contributed by atoms with Gasteiger partial charge in [0.05, 0.1) is 0 Å². The molecular weight excluding hydrogens is 853 g/mol. The molecule has 0 unspecified atom stereocenters. The Balaban J connectivity index is 1.23. The Morgan fingerprint density at radius 2 is 0.833 bits per heavy atom. The first kappa shape index (κ1) is 46.2. The number of carbonyl (C=O) groups excluding carboxylic acids is 4. The van der Waals surface area contributed by atoms with E-state index in [0.717, 1.165) is 187 Å². The van der Waals surface area contributed by atoms with Gasteiger partial charge in [0.15, 0.2) is 0 Å². The fraction of sp³-hybridized carbons (Fsp3) is 0.448. The smallest absolute Gasteiger partial charge is 0.261 e. The van der Waals surface area contributed by atoms with Gasteiger partial charge in [0.1, 0.15) is 0 Å². The fourth-order valence-electron chi connectivity index (χ4n) is 11.3. The number of rotatable bonds is 24. The quantitative estimate of drug-likeness (QED) is 0.0262. The molecule has 2 aliphatic heterocycles. The predicted octanol–water partition coefficient (Wildman–Crippen LogP) is 17.0. The number of nitrogens with zero attached hydrogens (tertiary/aromatic N) is 2. The molecule has 7 aromatic rings. The standard InChI is InChI=1S/C58H66N2O4S2/c1-5-9-13-17-22-37(23-18-14-10-6-2)59-55(61)42-30-27-39-40-28-31-44-53-46(58(64)60(57(44)63)38(24-19-15-11-7-3)25-20-16-12-8-4)36-45(47-33-34-49(66-47)48-26-21-35-65-48)51(54(40)53)41-29-32-43(56(59)62)52(42)50(39)41/h21,26-38H,5-20,22-25H2,1-4H3. The molecule has 2 aliphatic rings. The van der Waals surface area contributed by atoms with E-state index in [9.17, 15) is 9.59 Å². The Bertz CT molecular complexity index is 2840. The van der Waals surface area contributed by atoms with Crippen molar-refractivity contribution in [2.45, 2.75) is 168 Å². The summed E-state index contributed by atoms with van der Waals surface area (Å²) in [4.78, 5) is 66.8. The number of benzene rings is 5. The second-order valence-corrected chi connectivity index (χ2v) is 21.2. The monoisotopic (exact) mass is 918 g/mol. The van der Waals surface area contributed by atoms with Gasteiger partial charge in [0.25, 0.3) is 23.6 Å². The SMILES string of the molecule is CCCCCCC(CCCCCC)N1C(=O)c2ccc3c4ccc5c6c(cc(-c7ccc(-c8cccs8)s7)c(c7ccc(c2c37)C1=O)c64)C(=O)N(C(CCCCCC)CCCCCC)C5=O. The van der Waals surface area contributed by atoms with E-state index < -0.39 is 0 Å². The van der Waals surface area contributed by atoms with E-state index >= 15 is 9.59 Å². The zero-order chi connectivity index (χ0) is 45.9. The molecule has 0 radical (unpaired) electrons. The van der Waals surface area contributed by atoms with Gasteiger partial charge in [-0.05, 0) is 106 Å². The van der Waals surface area contributed by atoms with Crippen LogP contribution in [0.3, 0.4) is 0 Å². The first-order chi connectivity index (χ1) is 32.3. The van der Waals surface area contributed by atoms with E-state index in [0.29, 0.717) is 22.3 Å². The third-order valence-electron chi connectivity index (χ3n) is 14.7. The third kappa shape index (κ3) is 8.39. The van der Waals surface area contributed by atoms with Crippen LogP contribution < -0.4 is 0 Å². The summed E-state index contributed by atoms with van der Waals surface area (Å²) in [5.74, 6) is -0.791. The van der Waals surface area contributed by atoms with Crippen LogP contribution in [0.25, 0.3) is 63.3 Å². The lowest BCUT2D eigenvalue weighted by atomic mass is 9.80. The van der Waals surface area contributed by atoms with Crippen LogP contribution in [0, 0.1) is 0 Å². The van der Waals surface area contributed by atoms with Gasteiger partial charge in [-0.1, -0.05) is 155 Å². The molecule has 8 heteroatoms. The number of unbranched alkanes of at least 4 members (excludes halogenated alkanes) is 12. The lowest BCUT2D eigenvalue weighted by molar-refractivity contribution is 0.0501. The molecule has 4 amide bonds. The molecule has 5 aromatic carbocycles. The highest BCUT2D eigenvalue weighted by atomic mass is 32.1. The summed E-state index contributed by atoms with van der Waals surface area (Å²) in [5.41, 5.74) is 3.25. The van der Waals surface area contributed by atoms with Crippen LogP contribution in [0.15, 0.2) is 72.1 Å². The molecule has 0 aliphatic carbocycles. The van der Waals surface area contributed by atoms with Crippen LogP contribution in [-0.4, -0.2) is 45.5 Å². The lowest BCUT2D eigenvalue weighted by Crippen LogP contribution is -2.47. The van der Waals surface area contributed by atoms with Gasteiger partial charge in [-0.25, -0.2) is 0 Å².